The summed E-state index contributed by atoms with van der Waals surface area (Å²) in [5.74, 6) is 2.01. The van der Waals surface area contributed by atoms with Crippen LogP contribution < -0.4 is 0 Å². The molecule has 6 nitrogen and oxygen atoms in total. The summed E-state index contributed by atoms with van der Waals surface area (Å²) in [5.41, 5.74) is 0.728. The molecule has 2 aliphatic rings. The zero-order valence-corrected chi connectivity index (χ0v) is 14.9. The molecule has 1 amide bonds. The Morgan fingerprint density at radius 2 is 1.96 bits per heavy atom. The number of likely N-dealkylation sites (tertiary alicyclic amines) is 1. The van der Waals surface area contributed by atoms with E-state index >= 15 is 0 Å². The number of carbonyl (C=O) groups is 1. The van der Waals surface area contributed by atoms with Crippen LogP contribution in [0.5, 0.6) is 0 Å². The van der Waals surface area contributed by atoms with E-state index in [1.54, 1.807) is 6.07 Å². The van der Waals surface area contributed by atoms with E-state index in [0.29, 0.717) is 16.8 Å². The highest BCUT2D eigenvalue weighted by molar-refractivity contribution is 6.33. The summed E-state index contributed by atoms with van der Waals surface area (Å²) >= 11 is 6.17. The van der Waals surface area contributed by atoms with Gasteiger partial charge in [0.15, 0.2) is 0 Å². The molecule has 0 radical (unpaired) electrons. The first-order valence-electron chi connectivity index (χ1n) is 9.01. The lowest BCUT2D eigenvalue weighted by molar-refractivity contribution is -0.135. The highest BCUT2D eigenvalue weighted by Gasteiger charge is 2.33. The topological polar surface area (TPSA) is 63.9 Å². The van der Waals surface area contributed by atoms with E-state index in [-0.39, 0.29) is 12.5 Å². The van der Waals surface area contributed by atoms with Crippen molar-refractivity contribution in [3.8, 4) is 11.4 Å². The van der Waals surface area contributed by atoms with Crippen LogP contribution in [0, 0.1) is 11.8 Å². The number of piperidine rings is 1. The van der Waals surface area contributed by atoms with Crippen molar-refractivity contribution in [2.75, 3.05) is 13.1 Å². The third-order valence-electron chi connectivity index (χ3n) is 5.49. The van der Waals surface area contributed by atoms with Crippen molar-refractivity contribution < 1.29 is 4.79 Å². The molecular formula is C18H22ClN5O. The average molecular weight is 360 g/mol. The fourth-order valence-electron chi connectivity index (χ4n) is 4.11. The lowest BCUT2D eigenvalue weighted by Crippen LogP contribution is -2.46. The molecule has 1 saturated heterocycles. The standard InChI is InChI=1S/C18H22ClN5O/c19-16-8-4-3-7-15(16)18-20-22-24(21-18)12-17(25)23-10-9-13-5-1-2-6-14(13)11-23/h3-4,7-8,13-14H,1-2,5-6,9-12H2/t13-,14-/m0/s1. The van der Waals surface area contributed by atoms with E-state index < -0.39 is 0 Å². The lowest BCUT2D eigenvalue weighted by Gasteiger charge is -2.41. The molecule has 1 aromatic heterocycles. The minimum atomic E-state index is 0.0760. The highest BCUT2D eigenvalue weighted by Crippen LogP contribution is 2.36. The first-order chi connectivity index (χ1) is 12.2. The normalized spacial score (nSPS) is 23.3. The minimum absolute atomic E-state index is 0.0760. The first-order valence-corrected chi connectivity index (χ1v) is 9.39. The Hall–Kier alpha value is -1.95. The van der Waals surface area contributed by atoms with Gasteiger partial charge in [0, 0.05) is 18.7 Å². The Labute approximate surface area is 152 Å². The number of nitrogens with zero attached hydrogens (tertiary/aromatic N) is 5. The largest absolute Gasteiger partial charge is 0.341 e. The number of rotatable bonds is 3. The van der Waals surface area contributed by atoms with Gasteiger partial charge >= 0.3 is 0 Å². The molecule has 1 saturated carbocycles. The number of fused-ring (bicyclic) bond motifs is 1. The molecule has 4 rings (SSSR count). The summed E-state index contributed by atoms with van der Waals surface area (Å²) in [6, 6.07) is 7.37. The van der Waals surface area contributed by atoms with Gasteiger partial charge in [-0.15, -0.1) is 10.2 Å². The third-order valence-corrected chi connectivity index (χ3v) is 5.82. The number of hydrogen-bond donors (Lipinski definition) is 0. The molecule has 2 atom stereocenters. The molecule has 2 aromatic rings. The van der Waals surface area contributed by atoms with E-state index in [1.807, 2.05) is 23.1 Å². The van der Waals surface area contributed by atoms with Crippen molar-refractivity contribution >= 4 is 17.5 Å². The summed E-state index contributed by atoms with van der Waals surface area (Å²) in [6.45, 7) is 1.87. The maximum Gasteiger partial charge on any atom is 0.246 e. The highest BCUT2D eigenvalue weighted by atomic mass is 35.5. The molecule has 1 aliphatic carbocycles. The van der Waals surface area contributed by atoms with Crippen molar-refractivity contribution in [3.63, 3.8) is 0 Å². The van der Waals surface area contributed by atoms with Gasteiger partial charge in [-0.3, -0.25) is 4.79 Å². The van der Waals surface area contributed by atoms with Crippen LogP contribution in [0.1, 0.15) is 32.1 Å². The number of carbonyl (C=O) groups excluding carboxylic acids is 1. The van der Waals surface area contributed by atoms with Gasteiger partial charge in [-0.1, -0.05) is 43.0 Å². The molecule has 25 heavy (non-hydrogen) atoms. The van der Waals surface area contributed by atoms with Crippen molar-refractivity contribution in [1.82, 2.24) is 25.1 Å². The Kier molecular flexibility index (Phi) is 4.70. The van der Waals surface area contributed by atoms with Gasteiger partial charge in [-0.25, -0.2) is 0 Å². The van der Waals surface area contributed by atoms with Crippen molar-refractivity contribution in [3.05, 3.63) is 29.3 Å². The predicted molar refractivity (Wildman–Crippen MR) is 94.9 cm³/mol. The average Bonchev–Trinajstić information content (AvgIpc) is 3.10. The maximum absolute atomic E-state index is 12.6. The van der Waals surface area contributed by atoms with Crippen molar-refractivity contribution in [2.24, 2.45) is 11.8 Å². The molecule has 0 N–H and O–H groups in total. The molecule has 2 heterocycles. The van der Waals surface area contributed by atoms with Gasteiger partial charge in [0.1, 0.15) is 6.54 Å². The monoisotopic (exact) mass is 359 g/mol. The van der Waals surface area contributed by atoms with E-state index in [0.717, 1.165) is 31.0 Å². The van der Waals surface area contributed by atoms with Crippen LogP contribution in [-0.2, 0) is 11.3 Å². The van der Waals surface area contributed by atoms with Crippen LogP contribution in [0.2, 0.25) is 5.02 Å². The third kappa shape index (κ3) is 3.54. The quantitative estimate of drug-likeness (QED) is 0.845. The Balaban J connectivity index is 1.41. The van der Waals surface area contributed by atoms with Crippen molar-refractivity contribution in [2.45, 2.75) is 38.6 Å². The number of halogens is 1. The Morgan fingerprint density at radius 3 is 2.80 bits per heavy atom. The van der Waals surface area contributed by atoms with Crippen LogP contribution in [-0.4, -0.2) is 44.1 Å². The second-order valence-electron chi connectivity index (χ2n) is 7.06. The molecule has 132 valence electrons. The molecule has 1 aliphatic heterocycles. The van der Waals surface area contributed by atoms with Crippen LogP contribution in [0.15, 0.2) is 24.3 Å². The molecule has 0 spiro atoms. The molecule has 0 unspecified atom stereocenters. The minimum Gasteiger partial charge on any atom is -0.341 e. The van der Waals surface area contributed by atoms with E-state index in [9.17, 15) is 4.79 Å². The van der Waals surface area contributed by atoms with Gasteiger partial charge in [-0.2, -0.15) is 4.80 Å². The van der Waals surface area contributed by atoms with Crippen LogP contribution in [0.25, 0.3) is 11.4 Å². The molecule has 7 heteroatoms. The predicted octanol–water partition coefficient (Wildman–Crippen LogP) is 3.03. The number of amides is 1. The molecule has 0 bridgehead atoms. The lowest BCUT2D eigenvalue weighted by atomic mass is 9.75. The Morgan fingerprint density at radius 1 is 1.16 bits per heavy atom. The molecule has 2 fully saturated rings. The molecule has 1 aromatic carbocycles. The van der Waals surface area contributed by atoms with Crippen LogP contribution in [0.3, 0.4) is 0 Å². The van der Waals surface area contributed by atoms with Crippen molar-refractivity contribution in [1.29, 1.82) is 0 Å². The van der Waals surface area contributed by atoms with E-state index in [2.05, 4.69) is 15.4 Å². The van der Waals surface area contributed by atoms with Crippen LogP contribution >= 0.6 is 11.6 Å². The van der Waals surface area contributed by atoms with Gasteiger partial charge in [0.25, 0.3) is 0 Å². The van der Waals surface area contributed by atoms with E-state index in [4.69, 9.17) is 11.6 Å². The first kappa shape index (κ1) is 16.5. The fourth-order valence-corrected chi connectivity index (χ4v) is 4.33. The fraction of sp³-hybridized carbons (Fsp3) is 0.556. The second kappa shape index (κ2) is 7.12. The summed E-state index contributed by atoms with van der Waals surface area (Å²) < 4.78 is 0. The Bertz CT molecular complexity index is 761. The van der Waals surface area contributed by atoms with Crippen LogP contribution in [0.4, 0.5) is 0 Å². The SMILES string of the molecule is O=C(Cn1nnc(-c2ccccc2Cl)n1)N1CC[C@@H]2CCCC[C@H]2C1. The van der Waals surface area contributed by atoms with Gasteiger partial charge < -0.3 is 4.90 Å². The summed E-state index contributed by atoms with van der Waals surface area (Å²) in [7, 11) is 0. The smallest absolute Gasteiger partial charge is 0.246 e. The maximum atomic E-state index is 12.6. The van der Waals surface area contributed by atoms with Gasteiger partial charge in [0.2, 0.25) is 11.7 Å². The van der Waals surface area contributed by atoms with Gasteiger partial charge in [-0.05, 0) is 42.0 Å². The van der Waals surface area contributed by atoms with E-state index in [1.165, 1.54) is 30.5 Å². The number of aromatic nitrogens is 4. The number of tetrazole rings is 1. The number of hydrogen-bond acceptors (Lipinski definition) is 4. The number of benzene rings is 1. The second-order valence-corrected chi connectivity index (χ2v) is 7.46. The van der Waals surface area contributed by atoms with Gasteiger partial charge in [0.05, 0.1) is 5.02 Å². The zero-order chi connectivity index (χ0) is 17.2. The summed E-state index contributed by atoms with van der Waals surface area (Å²) in [4.78, 5) is 16.0. The summed E-state index contributed by atoms with van der Waals surface area (Å²) in [6.07, 6.45) is 6.37. The zero-order valence-electron chi connectivity index (χ0n) is 14.1. The molecular weight excluding hydrogens is 338 g/mol. The summed E-state index contributed by atoms with van der Waals surface area (Å²) in [5, 5.41) is 13.0.